The molecule has 0 aliphatic rings. The summed E-state index contributed by atoms with van der Waals surface area (Å²) in [5.41, 5.74) is 2.94. The Kier molecular flexibility index (Phi) is 5.69. The van der Waals surface area contributed by atoms with E-state index in [1.54, 1.807) is 11.3 Å². The molecule has 0 spiro atoms. The molecular weight excluding hydrogens is 274 g/mol. The topological polar surface area (TPSA) is 72.0 Å². The second-order valence-electron chi connectivity index (χ2n) is 4.10. The van der Waals surface area contributed by atoms with Crippen molar-refractivity contribution in [1.29, 1.82) is 0 Å². The van der Waals surface area contributed by atoms with Crippen LogP contribution in [0.15, 0.2) is 17.0 Å². The molecule has 2 rings (SSSR count). The van der Waals surface area contributed by atoms with Crippen LogP contribution in [0.3, 0.4) is 0 Å². The minimum Gasteiger partial charge on any atom is -0.374 e. The first-order valence-electron chi connectivity index (χ1n) is 6.56. The van der Waals surface area contributed by atoms with E-state index in [9.17, 15) is 0 Å². The zero-order valence-electron chi connectivity index (χ0n) is 11.7. The molecule has 0 aliphatic heterocycles. The van der Waals surface area contributed by atoms with E-state index in [1.165, 1.54) is 0 Å². The van der Waals surface area contributed by atoms with Gasteiger partial charge in [0.05, 0.1) is 11.2 Å². The van der Waals surface area contributed by atoms with Crippen LogP contribution in [0.1, 0.15) is 18.4 Å². The van der Waals surface area contributed by atoms with Crippen LogP contribution in [0.4, 0.5) is 11.6 Å². The Bertz CT molecular complexity index is 517. The molecule has 0 radical (unpaired) electrons. The predicted molar refractivity (Wildman–Crippen MR) is 81.2 cm³/mol. The van der Waals surface area contributed by atoms with Crippen LogP contribution in [0.25, 0.3) is 0 Å². The normalized spacial score (nSPS) is 10.5. The van der Waals surface area contributed by atoms with Crippen molar-refractivity contribution < 1.29 is 4.74 Å². The van der Waals surface area contributed by atoms with Gasteiger partial charge in [-0.1, -0.05) is 0 Å². The van der Waals surface area contributed by atoms with E-state index in [0.29, 0.717) is 19.0 Å². The molecule has 0 fully saturated rings. The zero-order chi connectivity index (χ0) is 14.2. The molecule has 0 unspecified atom stereocenters. The number of nitrogens with zero attached hydrogens (tertiary/aromatic N) is 3. The van der Waals surface area contributed by atoms with Crippen molar-refractivity contribution in [2.45, 2.75) is 20.0 Å². The Hall–Kier alpha value is -1.73. The SMILES string of the molecule is CCOCc1nc(NC)cc(NCCc2cscn2)n1. The van der Waals surface area contributed by atoms with Gasteiger partial charge in [-0.05, 0) is 6.92 Å². The number of thiazole rings is 1. The molecule has 0 aromatic carbocycles. The summed E-state index contributed by atoms with van der Waals surface area (Å²) in [7, 11) is 1.84. The lowest BCUT2D eigenvalue weighted by molar-refractivity contribution is 0.128. The van der Waals surface area contributed by atoms with Crippen LogP contribution in [-0.2, 0) is 17.8 Å². The van der Waals surface area contributed by atoms with E-state index in [0.717, 1.165) is 30.3 Å². The van der Waals surface area contributed by atoms with Crippen molar-refractivity contribution in [3.05, 3.63) is 28.5 Å². The Labute approximate surface area is 122 Å². The molecule has 2 heterocycles. The maximum Gasteiger partial charge on any atom is 0.158 e. The molecule has 0 amide bonds. The molecule has 108 valence electrons. The molecule has 2 aromatic heterocycles. The highest BCUT2D eigenvalue weighted by molar-refractivity contribution is 7.07. The van der Waals surface area contributed by atoms with Gasteiger partial charge in [0.1, 0.15) is 18.2 Å². The van der Waals surface area contributed by atoms with Crippen LogP contribution in [-0.4, -0.2) is 35.2 Å². The third-order valence-electron chi connectivity index (χ3n) is 2.63. The van der Waals surface area contributed by atoms with Crippen molar-refractivity contribution >= 4 is 23.0 Å². The molecule has 6 nitrogen and oxygen atoms in total. The zero-order valence-corrected chi connectivity index (χ0v) is 12.5. The summed E-state index contributed by atoms with van der Waals surface area (Å²) in [4.78, 5) is 13.0. The Morgan fingerprint density at radius 1 is 1.30 bits per heavy atom. The number of ether oxygens (including phenoxy) is 1. The first kappa shape index (κ1) is 14.7. The van der Waals surface area contributed by atoms with Gasteiger partial charge in [-0.2, -0.15) is 0 Å². The third kappa shape index (κ3) is 4.43. The van der Waals surface area contributed by atoms with Crippen molar-refractivity contribution in [2.75, 3.05) is 30.8 Å². The highest BCUT2D eigenvalue weighted by atomic mass is 32.1. The standard InChI is InChI=1S/C13H19N5OS/c1-3-19-7-13-17-11(14-2)6-12(18-13)15-5-4-10-8-20-9-16-10/h6,8-9H,3-5,7H2,1-2H3,(H2,14,15,17,18). The van der Waals surface area contributed by atoms with Gasteiger partial charge in [0.25, 0.3) is 0 Å². The number of hydrogen-bond donors (Lipinski definition) is 2. The van der Waals surface area contributed by atoms with E-state index in [2.05, 4.69) is 31.0 Å². The summed E-state index contributed by atoms with van der Waals surface area (Å²) >= 11 is 1.61. The smallest absolute Gasteiger partial charge is 0.158 e. The van der Waals surface area contributed by atoms with E-state index < -0.39 is 0 Å². The highest BCUT2D eigenvalue weighted by Gasteiger charge is 2.04. The van der Waals surface area contributed by atoms with Crippen LogP contribution >= 0.6 is 11.3 Å². The summed E-state index contributed by atoms with van der Waals surface area (Å²) < 4.78 is 5.35. The van der Waals surface area contributed by atoms with Gasteiger partial charge in [0, 0.05) is 38.1 Å². The predicted octanol–water partition coefficient (Wildman–Crippen LogP) is 2.17. The van der Waals surface area contributed by atoms with Gasteiger partial charge < -0.3 is 15.4 Å². The fraction of sp³-hybridized carbons (Fsp3) is 0.462. The van der Waals surface area contributed by atoms with Gasteiger partial charge in [-0.15, -0.1) is 11.3 Å². The number of hydrogen-bond acceptors (Lipinski definition) is 7. The molecule has 2 aromatic rings. The number of anilines is 2. The van der Waals surface area contributed by atoms with Crippen LogP contribution < -0.4 is 10.6 Å². The summed E-state index contributed by atoms with van der Waals surface area (Å²) in [6.45, 7) is 3.82. The van der Waals surface area contributed by atoms with Crippen LogP contribution in [0.2, 0.25) is 0 Å². The van der Waals surface area contributed by atoms with Crippen molar-refractivity contribution in [2.24, 2.45) is 0 Å². The van der Waals surface area contributed by atoms with E-state index in [-0.39, 0.29) is 0 Å². The van der Waals surface area contributed by atoms with Gasteiger partial charge in [0.2, 0.25) is 0 Å². The average Bonchev–Trinajstić information content (AvgIpc) is 2.98. The van der Waals surface area contributed by atoms with Crippen LogP contribution in [0.5, 0.6) is 0 Å². The van der Waals surface area contributed by atoms with Gasteiger partial charge in [-0.3, -0.25) is 0 Å². The molecule has 2 N–H and O–H groups in total. The van der Waals surface area contributed by atoms with Gasteiger partial charge >= 0.3 is 0 Å². The third-order valence-corrected chi connectivity index (χ3v) is 3.27. The fourth-order valence-electron chi connectivity index (χ4n) is 1.65. The van der Waals surface area contributed by atoms with Crippen molar-refractivity contribution in [3.8, 4) is 0 Å². The minimum absolute atomic E-state index is 0.423. The number of nitrogens with one attached hydrogen (secondary N) is 2. The largest absolute Gasteiger partial charge is 0.374 e. The number of aromatic nitrogens is 3. The van der Waals surface area contributed by atoms with Crippen LogP contribution in [0, 0.1) is 0 Å². The van der Waals surface area contributed by atoms with E-state index in [1.807, 2.05) is 25.5 Å². The molecule has 0 saturated heterocycles. The Balaban J connectivity index is 1.94. The molecular formula is C13H19N5OS. The lowest BCUT2D eigenvalue weighted by Crippen LogP contribution is -2.10. The highest BCUT2D eigenvalue weighted by Crippen LogP contribution is 2.12. The monoisotopic (exact) mass is 293 g/mol. The fourth-order valence-corrected chi connectivity index (χ4v) is 2.25. The van der Waals surface area contributed by atoms with Crippen molar-refractivity contribution in [1.82, 2.24) is 15.0 Å². The summed E-state index contributed by atoms with van der Waals surface area (Å²) in [6.07, 6.45) is 0.878. The maximum atomic E-state index is 5.35. The maximum absolute atomic E-state index is 5.35. The molecule has 20 heavy (non-hydrogen) atoms. The molecule has 0 bridgehead atoms. The minimum atomic E-state index is 0.423. The second kappa shape index (κ2) is 7.76. The molecule has 0 atom stereocenters. The average molecular weight is 293 g/mol. The lowest BCUT2D eigenvalue weighted by Gasteiger charge is -2.09. The molecule has 0 aliphatic carbocycles. The quantitative estimate of drug-likeness (QED) is 0.777. The Morgan fingerprint density at radius 3 is 2.85 bits per heavy atom. The molecule has 0 saturated carbocycles. The summed E-state index contributed by atoms with van der Waals surface area (Å²) in [5, 5.41) is 8.38. The summed E-state index contributed by atoms with van der Waals surface area (Å²) in [5.74, 6) is 2.26. The molecule has 7 heteroatoms. The summed E-state index contributed by atoms with van der Waals surface area (Å²) in [6, 6.07) is 1.89. The lowest BCUT2D eigenvalue weighted by atomic mass is 10.3. The van der Waals surface area contributed by atoms with E-state index in [4.69, 9.17) is 4.74 Å². The van der Waals surface area contributed by atoms with Crippen molar-refractivity contribution in [3.63, 3.8) is 0 Å². The Morgan fingerprint density at radius 2 is 2.15 bits per heavy atom. The van der Waals surface area contributed by atoms with Gasteiger partial charge in [-0.25, -0.2) is 15.0 Å². The van der Waals surface area contributed by atoms with E-state index >= 15 is 0 Å². The first-order valence-corrected chi connectivity index (χ1v) is 7.50. The first-order chi connectivity index (χ1) is 9.81. The number of rotatable bonds is 8. The second-order valence-corrected chi connectivity index (χ2v) is 4.82. The van der Waals surface area contributed by atoms with Gasteiger partial charge in [0.15, 0.2) is 5.82 Å².